The van der Waals surface area contributed by atoms with Crippen LogP contribution in [0, 0.1) is 0 Å². The van der Waals surface area contributed by atoms with Gasteiger partial charge >= 0.3 is 0 Å². The molecule has 0 atom stereocenters. The molecule has 0 saturated carbocycles. The maximum atomic E-state index is 6.24. The fourth-order valence-electron chi connectivity index (χ4n) is 2.01. The summed E-state index contributed by atoms with van der Waals surface area (Å²) in [4.78, 5) is 6.54. The molecule has 1 aromatic heterocycles. The molecule has 0 saturated heterocycles. The molecule has 1 aromatic carbocycles. The number of benzene rings is 1. The molecule has 2 aromatic rings. The van der Waals surface area contributed by atoms with Gasteiger partial charge in [-0.1, -0.05) is 48.9 Å². The largest absolute Gasteiger partial charge is 0.397 e. The lowest BCUT2D eigenvalue weighted by molar-refractivity contribution is 0.755. The molecule has 0 aliphatic rings. The van der Waals surface area contributed by atoms with E-state index in [2.05, 4.69) is 28.9 Å². The molecule has 1 heterocycles. The van der Waals surface area contributed by atoms with Crippen LogP contribution in [0.4, 0.5) is 11.5 Å². The van der Waals surface area contributed by atoms with E-state index in [9.17, 15) is 0 Å². The highest BCUT2D eigenvalue weighted by atomic mass is 35.5. The Balaban J connectivity index is 2.24. The second-order valence-corrected chi connectivity index (χ2v) is 4.89. The van der Waals surface area contributed by atoms with E-state index in [0.29, 0.717) is 10.7 Å². The van der Waals surface area contributed by atoms with Crippen molar-refractivity contribution < 1.29 is 0 Å². The Morgan fingerprint density at radius 2 is 2.00 bits per heavy atom. The van der Waals surface area contributed by atoms with Crippen molar-refractivity contribution in [3.63, 3.8) is 0 Å². The molecule has 19 heavy (non-hydrogen) atoms. The molecule has 0 amide bonds. The standard InChI is InChI=1S/C15H18ClN3/c1-2-8-19(11-12-6-4-3-5-7-12)15-14(16)9-13(17)10-18-15/h3-7,9-10H,2,8,11,17H2,1H3. The maximum Gasteiger partial charge on any atom is 0.147 e. The van der Waals surface area contributed by atoms with Crippen LogP contribution in [-0.4, -0.2) is 11.5 Å². The molecule has 100 valence electrons. The van der Waals surface area contributed by atoms with Gasteiger partial charge in [-0.2, -0.15) is 0 Å². The SMILES string of the molecule is CCCN(Cc1ccccc1)c1ncc(N)cc1Cl. The lowest BCUT2D eigenvalue weighted by Crippen LogP contribution is -2.24. The van der Waals surface area contributed by atoms with Crippen LogP contribution in [0.3, 0.4) is 0 Å². The Labute approximate surface area is 119 Å². The van der Waals surface area contributed by atoms with Crippen molar-refractivity contribution in [3.8, 4) is 0 Å². The van der Waals surface area contributed by atoms with E-state index in [1.54, 1.807) is 12.3 Å². The van der Waals surface area contributed by atoms with Crippen molar-refractivity contribution in [1.29, 1.82) is 0 Å². The minimum absolute atomic E-state index is 0.588. The van der Waals surface area contributed by atoms with Crippen molar-refractivity contribution in [1.82, 2.24) is 4.98 Å². The number of nitrogens with two attached hydrogens (primary N) is 1. The van der Waals surface area contributed by atoms with Crippen LogP contribution in [0.1, 0.15) is 18.9 Å². The van der Waals surface area contributed by atoms with E-state index in [-0.39, 0.29) is 0 Å². The Morgan fingerprint density at radius 1 is 1.26 bits per heavy atom. The molecule has 0 fully saturated rings. The summed E-state index contributed by atoms with van der Waals surface area (Å²) in [5, 5.41) is 0.601. The van der Waals surface area contributed by atoms with Crippen LogP contribution >= 0.6 is 11.6 Å². The summed E-state index contributed by atoms with van der Waals surface area (Å²) in [5.41, 5.74) is 7.52. The molecule has 3 nitrogen and oxygen atoms in total. The van der Waals surface area contributed by atoms with Gasteiger partial charge in [0.1, 0.15) is 5.82 Å². The van der Waals surface area contributed by atoms with E-state index >= 15 is 0 Å². The minimum Gasteiger partial charge on any atom is -0.397 e. The predicted molar refractivity (Wildman–Crippen MR) is 81.4 cm³/mol. The van der Waals surface area contributed by atoms with Crippen LogP contribution < -0.4 is 10.6 Å². The molecule has 0 radical (unpaired) electrons. The summed E-state index contributed by atoms with van der Waals surface area (Å²) in [6.45, 7) is 3.85. The van der Waals surface area contributed by atoms with Crippen molar-refractivity contribution in [2.24, 2.45) is 0 Å². The van der Waals surface area contributed by atoms with Crippen LogP contribution in [-0.2, 0) is 6.54 Å². The van der Waals surface area contributed by atoms with E-state index in [1.165, 1.54) is 5.56 Å². The molecular weight excluding hydrogens is 258 g/mol. The van der Waals surface area contributed by atoms with Gasteiger partial charge in [-0.3, -0.25) is 0 Å². The number of hydrogen-bond donors (Lipinski definition) is 1. The highest BCUT2D eigenvalue weighted by Crippen LogP contribution is 2.26. The molecular formula is C15H18ClN3. The summed E-state index contributed by atoms with van der Waals surface area (Å²) < 4.78 is 0. The van der Waals surface area contributed by atoms with Gasteiger partial charge in [-0.05, 0) is 18.1 Å². The van der Waals surface area contributed by atoms with Gasteiger partial charge in [0.2, 0.25) is 0 Å². The molecule has 0 aliphatic heterocycles. The lowest BCUT2D eigenvalue weighted by atomic mass is 10.2. The number of nitrogens with zero attached hydrogens (tertiary/aromatic N) is 2. The van der Waals surface area contributed by atoms with Crippen LogP contribution in [0.5, 0.6) is 0 Å². The maximum absolute atomic E-state index is 6.24. The minimum atomic E-state index is 0.588. The number of pyridine rings is 1. The number of anilines is 2. The highest BCUT2D eigenvalue weighted by Gasteiger charge is 2.12. The third-order valence-electron chi connectivity index (χ3n) is 2.85. The van der Waals surface area contributed by atoms with Crippen molar-refractivity contribution >= 4 is 23.1 Å². The monoisotopic (exact) mass is 275 g/mol. The fourth-order valence-corrected chi connectivity index (χ4v) is 2.31. The van der Waals surface area contributed by atoms with E-state index < -0.39 is 0 Å². The van der Waals surface area contributed by atoms with Gasteiger partial charge in [-0.25, -0.2) is 4.98 Å². The summed E-state index contributed by atoms with van der Waals surface area (Å²) >= 11 is 6.24. The fraction of sp³-hybridized carbons (Fsp3) is 0.267. The zero-order valence-corrected chi connectivity index (χ0v) is 11.8. The average molecular weight is 276 g/mol. The molecule has 2 N–H and O–H groups in total. The van der Waals surface area contributed by atoms with Crippen molar-refractivity contribution in [2.45, 2.75) is 19.9 Å². The van der Waals surface area contributed by atoms with Gasteiger partial charge in [0.05, 0.1) is 16.9 Å². The summed E-state index contributed by atoms with van der Waals surface area (Å²) in [6.07, 6.45) is 2.68. The number of rotatable bonds is 5. The first kappa shape index (κ1) is 13.7. The van der Waals surface area contributed by atoms with E-state index in [4.69, 9.17) is 17.3 Å². The Morgan fingerprint density at radius 3 is 2.63 bits per heavy atom. The number of aromatic nitrogens is 1. The van der Waals surface area contributed by atoms with Crippen LogP contribution in [0.25, 0.3) is 0 Å². The molecule has 4 heteroatoms. The van der Waals surface area contributed by atoms with Crippen LogP contribution in [0.2, 0.25) is 5.02 Å². The number of nitrogen functional groups attached to an aromatic ring is 1. The molecule has 0 unspecified atom stereocenters. The quantitative estimate of drug-likeness (QED) is 0.904. The predicted octanol–water partition coefficient (Wildman–Crippen LogP) is 3.73. The number of halogens is 1. The first-order valence-electron chi connectivity index (χ1n) is 6.40. The second-order valence-electron chi connectivity index (χ2n) is 4.48. The first-order chi connectivity index (χ1) is 9.20. The summed E-state index contributed by atoms with van der Waals surface area (Å²) in [5.74, 6) is 0.793. The number of hydrogen-bond acceptors (Lipinski definition) is 3. The zero-order valence-electron chi connectivity index (χ0n) is 11.0. The van der Waals surface area contributed by atoms with Gasteiger partial charge in [0.25, 0.3) is 0 Å². The van der Waals surface area contributed by atoms with Gasteiger partial charge in [0.15, 0.2) is 0 Å². The smallest absolute Gasteiger partial charge is 0.147 e. The van der Waals surface area contributed by atoms with E-state index in [1.807, 2.05) is 18.2 Å². The molecule has 0 aliphatic carbocycles. The topological polar surface area (TPSA) is 42.2 Å². The molecule has 0 bridgehead atoms. The summed E-state index contributed by atoms with van der Waals surface area (Å²) in [7, 11) is 0. The molecule has 2 rings (SSSR count). The van der Waals surface area contributed by atoms with Gasteiger partial charge < -0.3 is 10.6 Å². The average Bonchev–Trinajstić information content (AvgIpc) is 2.39. The van der Waals surface area contributed by atoms with Crippen LogP contribution in [0.15, 0.2) is 42.6 Å². The van der Waals surface area contributed by atoms with Gasteiger partial charge in [-0.15, -0.1) is 0 Å². The van der Waals surface area contributed by atoms with E-state index in [0.717, 1.165) is 25.3 Å². The third-order valence-corrected chi connectivity index (χ3v) is 3.13. The Bertz CT molecular complexity index is 528. The Hall–Kier alpha value is -1.74. The molecule has 0 spiro atoms. The zero-order chi connectivity index (χ0) is 13.7. The first-order valence-corrected chi connectivity index (χ1v) is 6.78. The highest BCUT2D eigenvalue weighted by molar-refractivity contribution is 6.33. The second kappa shape index (κ2) is 6.43. The van der Waals surface area contributed by atoms with Crippen molar-refractivity contribution in [3.05, 3.63) is 53.2 Å². The third kappa shape index (κ3) is 3.61. The van der Waals surface area contributed by atoms with Gasteiger partial charge in [0, 0.05) is 13.1 Å². The lowest BCUT2D eigenvalue weighted by Gasteiger charge is -2.24. The summed E-state index contributed by atoms with van der Waals surface area (Å²) in [6, 6.07) is 12.1. The van der Waals surface area contributed by atoms with Crippen molar-refractivity contribution in [2.75, 3.05) is 17.2 Å². The Kier molecular flexibility index (Phi) is 4.63. The normalized spacial score (nSPS) is 10.4.